The van der Waals surface area contributed by atoms with E-state index in [0.717, 1.165) is 10.6 Å². The van der Waals surface area contributed by atoms with Crippen LogP contribution in [0.4, 0.5) is 5.69 Å². The number of benzene rings is 1. The molecule has 1 aromatic heterocycles. The summed E-state index contributed by atoms with van der Waals surface area (Å²) in [5.41, 5.74) is 0.983. The number of hydrogen-bond acceptors (Lipinski definition) is 6. The Balaban J connectivity index is 1.79. The maximum absolute atomic E-state index is 12.9. The maximum atomic E-state index is 12.9. The van der Waals surface area contributed by atoms with E-state index in [1.165, 1.54) is 11.3 Å². The monoisotopic (exact) mass is 405 g/mol. The molecule has 1 aliphatic rings. The molecule has 2 atom stereocenters. The third-order valence-electron chi connectivity index (χ3n) is 4.12. The molecule has 1 aromatic carbocycles. The number of ether oxygens (including phenoxy) is 1. The Morgan fingerprint density at radius 2 is 2.07 bits per heavy atom. The van der Waals surface area contributed by atoms with E-state index in [9.17, 15) is 9.59 Å². The van der Waals surface area contributed by atoms with Gasteiger partial charge in [-0.2, -0.15) is 5.10 Å². The second-order valence-corrected chi connectivity index (χ2v) is 7.79. The normalized spacial score (nSPS) is 17.4. The first kappa shape index (κ1) is 19.4. The average Bonchev–Trinajstić information content (AvgIpc) is 3.29. The molecule has 0 saturated heterocycles. The minimum atomic E-state index is -0.621. The van der Waals surface area contributed by atoms with Gasteiger partial charge in [-0.25, -0.2) is 4.79 Å². The molecule has 1 amide bonds. The van der Waals surface area contributed by atoms with Crippen molar-refractivity contribution in [2.24, 2.45) is 5.10 Å². The fourth-order valence-corrected chi connectivity index (χ4v) is 3.88. The first-order chi connectivity index (χ1) is 13.0. The van der Waals surface area contributed by atoms with Crippen LogP contribution in [0.5, 0.6) is 0 Å². The molecule has 3 rings (SSSR count). The van der Waals surface area contributed by atoms with E-state index in [4.69, 9.17) is 16.3 Å². The van der Waals surface area contributed by atoms with Gasteiger partial charge in [-0.05, 0) is 38.1 Å². The van der Waals surface area contributed by atoms with Crippen molar-refractivity contribution < 1.29 is 14.3 Å². The van der Waals surface area contributed by atoms with Crippen LogP contribution >= 0.6 is 22.9 Å². The van der Waals surface area contributed by atoms with E-state index in [2.05, 4.69) is 10.4 Å². The summed E-state index contributed by atoms with van der Waals surface area (Å²) >= 11 is 7.41. The van der Waals surface area contributed by atoms with Crippen molar-refractivity contribution in [1.82, 2.24) is 5.32 Å². The van der Waals surface area contributed by atoms with Crippen LogP contribution in [0.1, 0.15) is 31.2 Å². The summed E-state index contributed by atoms with van der Waals surface area (Å²) in [6.45, 7) is 3.89. The highest BCUT2D eigenvalue weighted by molar-refractivity contribution is 7.16. The molecule has 0 saturated carbocycles. The second-order valence-electron chi connectivity index (χ2n) is 6.04. The van der Waals surface area contributed by atoms with Crippen LogP contribution in [0.15, 0.2) is 47.6 Å². The van der Waals surface area contributed by atoms with Gasteiger partial charge in [0.15, 0.2) is 0 Å². The fraction of sp³-hybridized carbons (Fsp3) is 0.316. The molecule has 0 aliphatic carbocycles. The van der Waals surface area contributed by atoms with Crippen molar-refractivity contribution in [3.63, 3.8) is 0 Å². The Bertz CT molecular complexity index is 853. The molecule has 0 bridgehead atoms. The fourth-order valence-electron chi connectivity index (χ4n) is 2.81. The van der Waals surface area contributed by atoms with Gasteiger partial charge >= 0.3 is 5.97 Å². The Morgan fingerprint density at radius 1 is 1.33 bits per heavy atom. The molecular formula is C19H20ClN3O3S. The van der Waals surface area contributed by atoms with Crippen LogP contribution in [0.2, 0.25) is 4.34 Å². The third-order valence-corrected chi connectivity index (χ3v) is 5.54. The van der Waals surface area contributed by atoms with Gasteiger partial charge in [0.25, 0.3) is 0 Å². The van der Waals surface area contributed by atoms with E-state index in [0.29, 0.717) is 4.34 Å². The molecule has 2 unspecified atom stereocenters. The zero-order chi connectivity index (χ0) is 19.4. The zero-order valence-corrected chi connectivity index (χ0v) is 16.6. The summed E-state index contributed by atoms with van der Waals surface area (Å²) in [6.07, 6.45) is 0.192. The number of nitrogens with zero attached hydrogens (tertiary/aromatic N) is 2. The minimum Gasteiger partial charge on any atom is -0.461 e. The molecule has 2 heterocycles. The summed E-state index contributed by atoms with van der Waals surface area (Å²) in [4.78, 5) is 26.0. The number of carbonyl (C=O) groups is 2. The number of para-hydroxylation sites is 1. The van der Waals surface area contributed by atoms with Crippen LogP contribution < -0.4 is 10.3 Å². The maximum Gasteiger partial charge on any atom is 0.354 e. The molecule has 8 heteroatoms. The SMILES string of the molecule is CCOC(=O)C1=NN(c2ccccc2)C(C(=O)NC(C)c2ccc(Cl)s2)C1. The minimum absolute atomic E-state index is 0.192. The first-order valence-electron chi connectivity index (χ1n) is 8.64. The van der Waals surface area contributed by atoms with Crippen molar-refractivity contribution in [2.45, 2.75) is 32.4 Å². The molecule has 6 nitrogen and oxygen atoms in total. The summed E-state index contributed by atoms with van der Waals surface area (Å²) in [7, 11) is 0. The lowest BCUT2D eigenvalue weighted by atomic mass is 10.1. The predicted molar refractivity (Wildman–Crippen MR) is 107 cm³/mol. The van der Waals surface area contributed by atoms with Crippen LogP contribution in [0.3, 0.4) is 0 Å². The number of hydrogen-bond donors (Lipinski definition) is 1. The number of hydrazone groups is 1. The van der Waals surface area contributed by atoms with Crippen molar-refractivity contribution in [1.29, 1.82) is 0 Å². The molecule has 2 aromatic rings. The summed E-state index contributed by atoms with van der Waals surface area (Å²) in [5, 5.41) is 8.93. The lowest BCUT2D eigenvalue weighted by Crippen LogP contribution is -2.43. The molecule has 27 heavy (non-hydrogen) atoms. The van der Waals surface area contributed by atoms with E-state index < -0.39 is 12.0 Å². The van der Waals surface area contributed by atoms with Gasteiger partial charge in [0.1, 0.15) is 11.8 Å². The Kier molecular flexibility index (Phi) is 6.13. The molecule has 0 fully saturated rings. The standard InChI is InChI=1S/C19H20ClN3O3S/c1-3-26-19(25)14-11-15(23(22-14)13-7-5-4-6-8-13)18(24)21-12(2)16-9-10-17(20)27-16/h4-10,12,15H,3,11H2,1-2H3,(H,21,24). The number of amides is 1. The summed E-state index contributed by atoms with van der Waals surface area (Å²) in [6, 6.07) is 12.2. The molecule has 1 aliphatic heterocycles. The largest absolute Gasteiger partial charge is 0.461 e. The predicted octanol–water partition coefficient (Wildman–Crippen LogP) is 3.78. The molecule has 1 N–H and O–H groups in total. The number of rotatable bonds is 6. The summed E-state index contributed by atoms with van der Waals surface area (Å²) < 4.78 is 5.72. The lowest BCUT2D eigenvalue weighted by Gasteiger charge is -2.24. The van der Waals surface area contributed by atoms with Gasteiger partial charge in [0, 0.05) is 11.3 Å². The quantitative estimate of drug-likeness (QED) is 0.742. The molecule has 142 valence electrons. The smallest absolute Gasteiger partial charge is 0.354 e. The number of halogens is 1. The first-order valence-corrected chi connectivity index (χ1v) is 9.83. The van der Waals surface area contributed by atoms with Gasteiger partial charge < -0.3 is 10.1 Å². The van der Waals surface area contributed by atoms with Crippen LogP contribution in [0, 0.1) is 0 Å². The number of nitrogens with one attached hydrogen (secondary N) is 1. The zero-order valence-electron chi connectivity index (χ0n) is 15.0. The average molecular weight is 406 g/mol. The number of anilines is 1. The number of carbonyl (C=O) groups excluding carboxylic acids is 2. The third kappa shape index (κ3) is 4.48. The van der Waals surface area contributed by atoms with Crippen molar-refractivity contribution in [3.8, 4) is 0 Å². The van der Waals surface area contributed by atoms with E-state index in [1.54, 1.807) is 18.0 Å². The van der Waals surface area contributed by atoms with Crippen molar-refractivity contribution >= 4 is 46.2 Å². The number of esters is 1. The Labute approximate surface area is 166 Å². The molecule has 0 radical (unpaired) electrons. The van der Waals surface area contributed by atoms with Gasteiger partial charge in [-0.1, -0.05) is 29.8 Å². The van der Waals surface area contributed by atoms with Crippen LogP contribution in [-0.4, -0.2) is 30.2 Å². The Hall–Kier alpha value is -2.38. The number of thiophene rings is 1. The Morgan fingerprint density at radius 3 is 2.70 bits per heavy atom. The topological polar surface area (TPSA) is 71.0 Å². The molecule has 0 spiro atoms. The van der Waals surface area contributed by atoms with Gasteiger partial charge in [0.2, 0.25) is 5.91 Å². The van der Waals surface area contributed by atoms with E-state index in [1.807, 2.05) is 43.3 Å². The van der Waals surface area contributed by atoms with Gasteiger partial charge in [-0.3, -0.25) is 9.80 Å². The van der Waals surface area contributed by atoms with Crippen molar-refractivity contribution in [3.05, 3.63) is 51.7 Å². The van der Waals surface area contributed by atoms with E-state index in [-0.39, 0.29) is 30.7 Å². The lowest BCUT2D eigenvalue weighted by molar-refractivity contribution is -0.135. The second kappa shape index (κ2) is 8.54. The van der Waals surface area contributed by atoms with Crippen LogP contribution in [-0.2, 0) is 14.3 Å². The van der Waals surface area contributed by atoms with Crippen molar-refractivity contribution in [2.75, 3.05) is 11.6 Å². The van der Waals surface area contributed by atoms with Crippen LogP contribution in [0.25, 0.3) is 0 Å². The van der Waals surface area contributed by atoms with Gasteiger partial charge in [-0.15, -0.1) is 11.3 Å². The van der Waals surface area contributed by atoms with Gasteiger partial charge in [0.05, 0.1) is 22.7 Å². The van der Waals surface area contributed by atoms with E-state index >= 15 is 0 Å². The highest BCUT2D eigenvalue weighted by Gasteiger charge is 2.37. The highest BCUT2D eigenvalue weighted by atomic mass is 35.5. The highest BCUT2D eigenvalue weighted by Crippen LogP contribution is 2.28. The summed E-state index contributed by atoms with van der Waals surface area (Å²) in [5.74, 6) is -0.703. The molecular weight excluding hydrogens is 386 g/mol.